The van der Waals surface area contributed by atoms with Crippen molar-refractivity contribution in [2.45, 2.75) is 0 Å². The largest absolute Gasteiger partial charge is 0.507 e. The fraction of sp³-hybridized carbons (Fsp3) is 0. The average Bonchev–Trinajstić information content (AvgIpc) is 2.46. The Morgan fingerprint density at radius 3 is 2.67 bits per heavy atom. The maximum absolute atomic E-state index is 12.1. The van der Waals surface area contributed by atoms with Crippen LogP contribution >= 0.6 is 11.6 Å². The van der Waals surface area contributed by atoms with E-state index in [1.54, 1.807) is 24.3 Å². The lowest BCUT2D eigenvalue weighted by atomic mass is 10.1. The van der Waals surface area contributed by atoms with Crippen LogP contribution in [-0.4, -0.2) is 22.1 Å². The van der Waals surface area contributed by atoms with Crippen molar-refractivity contribution in [2.24, 2.45) is 10.9 Å². The van der Waals surface area contributed by atoms with E-state index in [-0.39, 0.29) is 17.1 Å². The number of hydrogen-bond donors (Lipinski definition) is 4. The number of rotatable bonds is 3. The van der Waals surface area contributed by atoms with Crippen LogP contribution in [0.5, 0.6) is 5.75 Å². The van der Waals surface area contributed by atoms with E-state index in [0.717, 1.165) is 0 Å². The quantitative estimate of drug-likeness (QED) is 0.302. The van der Waals surface area contributed by atoms with Crippen molar-refractivity contribution in [3.8, 4) is 5.75 Å². The number of benzene rings is 2. The molecule has 0 spiro atoms. The number of carbonyl (C=O) groups is 1. The van der Waals surface area contributed by atoms with Crippen LogP contribution in [0.15, 0.2) is 47.6 Å². The monoisotopic (exact) mass is 305 g/mol. The van der Waals surface area contributed by atoms with Gasteiger partial charge in [0.2, 0.25) is 0 Å². The van der Waals surface area contributed by atoms with Gasteiger partial charge in [-0.25, -0.2) is 0 Å². The van der Waals surface area contributed by atoms with Gasteiger partial charge in [-0.1, -0.05) is 28.9 Å². The number of nitrogens with two attached hydrogens (primary N) is 1. The summed E-state index contributed by atoms with van der Waals surface area (Å²) in [6.07, 6.45) is 0. The third kappa shape index (κ3) is 3.43. The van der Waals surface area contributed by atoms with Gasteiger partial charge in [-0.3, -0.25) is 4.79 Å². The second-order valence-electron chi connectivity index (χ2n) is 4.18. The number of anilines is 1. The van der Waals surface area contributed by atoms with Crippen LogP contribution in [0.3, 0.4) is 0 Å². The molecule has 21 heavy (non-hydrogen) atoms. The molecule has 0 saturated carbocycles. The first-order valence-corrected chi connectivity index (χ1v) is 6.27. The first kappa shape index (κ1) is 14.7. The molecule has 7 heteroatoms. The number of nitrogens with zero attached hydrogens (tertiary/aromatic N) is 1. The normalized spacial score (nSPS) is 11.2. The van der Waals surface area contributed by atoms with Crippen LogP contribution in [-0.2, 0) is 0 Å². The lowest BCUT2D eigenvalue weighted by Gasteiger charge is -2.08. The number of phenols is 1. The predicted octanol–water partition coefficient (Wildman–Crippen LogP) is 2.39. The summed E-state index contributed by atoms with van der Waals surface area (Å²) >= 11 is 5.71. The second-order valence-corrected chi connectivity index (χ2v) is 4.62. The van der Waals surface area contributed by atoms with Gasteiger partial charge >= 0.3 is 0 Å². The fourth-order valence-corrected chi connectivity index (χ4v) is 1.88. The van der Waals surface area contributed by atoms with Gasteiger partial charge in [0, 0.05) is 16.3 Å². The van der Waals surface area contributed by atoms with Gasteiger partial charge in [-0.15, -0.1) is 0 Å². The Morgan fingerprint density at radius 2 is 2.00 bits per heavy atom. The molecular formula is C14H12ClN3O3. The highest BCUT2D eigenvalue weighted by Crippen LogP contribution is 2.23. The van der Waals surface area contributed by atoms with E-state index in [1.165, 1.54) is 18.2 Å². The van der Waals surface area contributed by atoms with Crippen molar-refractivity contribution in [1.82, 2.24) is 0 Å². The molecule has 1 amide bonds. The SMILES string of the molecule is N/C(=N/O)c1cccc(NC(=O)c2ccc(Cl)cc2O)c1. The Bertz CT molecular complexity index is 716. The number of halogens is 1. The number of oxime groups is 1. The van der Waals surface area contributed by atoms with Gasteiger partial charge in [0.1, 0.15) is 5.75 Å². The molecule has 0 radical (unpaired) electrons. The molecular weight excluding hydrogens is 294 g/mol. The topological polar surface area (TPSA) is 108 Å². The van der Waals surface area contributed by atoms with Crippen LogP contribution in [0.1, 0.15) is 15.9 Å². The van der Waals surface area contributed by atoms with E-state index in [9.17, 15) is 9.90 Å². The number of carbonyl (C=O) groups excluding carboxylic acids is 1. The smallest absolute Gasteiger partial charge is 0.259 e. The van der Waals surface area contributed by atoms with Gasteiger partial charge in [0.25, 0.3) is 5.91 Å². The summed E-state index contributed by atoms with van der Waals surface area (Å²) in [6.45, 7) is 0. The minimum absolute atomic E-state index is 0.0690. The molecule has 5 N–H and O–H groups in total. The maximum Gasteiger partial charge on any atom is 0.259 e. The van der Waals surface area contributed by atoms with Gasteiger partial charge in [-0.05, 0) is 30.3 Å². The first-order valence-electron chi connectivity index (χ1n) is 5.89. The molecule has 2 aromatic carbocycles. The minimum Gasteiger partial charge on any atom is -0.507 e. The third-order valence-electron chi connectivity index (χ3n) is 2.73. The van der Waals surface area contributed by atoms with Crippen molar-refractivity contribution in [1.29, 1.82) is 0 Å². The number of amidine groups is 1. The fourth-order valence-electron chi connectivity index (χ4n) is 1.71. The number of phenolic OH excluding ortho intramolecular Hbond substituents is 1. The Kier molecular flexibility index (Phi) is 4.30. The summed E-state index contributed by atoms with van der Waals surface area (Å²) < 4.78 is 0. The molecule has 2 rings (SSSR count). The van der Waals surface area contributed by atoms with E-state index in [2.05, 4.69) is 10.5 Å². The Morgan fingerprint density at radius 1 is 1.24 bits per heavy atom. The van der Waals surface area contributed by atoms with Crippen LogP contribution < -0.4 is 11.1 Å². The van der Waals surface area contributed by atoms with E-state index < -0.39 is 5.91 Å². The lowest BCUT2D eigenvalue weighted by molar-refractivity contribution is 0.102. The summed E-state index contributed by atoms with van der Waals surface area (Å²) in [6, 6.07) is 10.7. The number of nitrogens with one attached hydrogen (secondary N) is 1. The van der Waals surface area contributed by atoms with Crippen LogP contribution in [0, 0.1) is 0 Å². The van der Waals surface area contributed by atoms with E-state index >= 15 is 0 Å². The molecule has 0 unspecified atom stereocenters. The number of hydrogen-bond acceptors (Lipinski definition) is 4. The summed E-state index contributed by atoms with van der Waals surface area (Å²) in [4.78, 5) is 12.1. The highest BCUT2D eigenvalue weighted by Gasteiger charge is 2.12. The van der Waals surface area contributed by atoms with Gasteiger partial charge in [-0.2, -0.15) is 0 Å². The highest BCUT2D eigenvalue weighted by molar-refractivity contribution is 6.31. The molecule has 0 aliphatic carbocycles. The van der Waals surface area contributed by atoms with Crippen molar-refractivity contribution in [3.63, 3.8) is 0 Å². The summed E-state index contributed by atoms with van der Waals surface area (Å²) in [5, 5.41) is 24.2. The summed E-state index contributed by atoms with van der Waals surface area (Å²) in [5.41, 5.74) is 6.47. The maximum atomic E-state index is 12.1. The zero-order chi connectivity index (χ0) is 15.4. The lowest BCUT2D eigenvalue weighted by Crippen LogP contribution is -2.15. The van der Waals surface area contributed by atoms with E-state index in [1.807, 2.05) is 0 Å². The zero-order valence-electron chi connectivity index (χ0n) is 10.7. The summed E-state index contributed by atoms with van der Waals surface area (Å²) in [5.74, 6) is -0.783. The Balaban J connectivity index is 2.23. The molecule has 0 fully saturated rings. The third-order valence-corrected chi connectivity index (χ3v) is 2.96. The zero-order valence-corrected chi connectivity index (χ0v) is 11.5. The standard InChI is InChI=1S/C14H12ClN3O3/c15-9-4-5-11(12(19)7-9)14(20)17-10-3-1-2-8(6-10)13(16)18-21/h1-7,19,21H,(H2,16,18)(H,17,20). The van der Waals surface area contributed by atoms with Gasteiger partial charge in [0.15, 0.2) is 5.84 Å². The second kappa shape index (κ2) is 6.15. The van der Waals surface area contributed by atoms with Crippen LogP contribution in [0.2, 0.25) is 5.02 Å². The Hall–Kier alpha value is -2.73. The minimum atomic E-state index is -0.499. The van der Waals surface area contributed by atoms with Crippen molar-refractivity contribution >= 4 is 29.0 Å². The molecule has 0 aromatic heterocycles. The van der Waals surface area contributed by atoms with Crippen LogP contribution in [0.4, 0.5) is 5.69 Å². The molecule has 0 heterocycles. The van der Waals surface area contributed by atoms with Crippen molar-refractivity contribution in [3.05, 3.63) is 58.6 Å². The molecule has 108 valence electrons. The van der Waals surface area contributed by atoms with Gasteiger partial charge in [0.05, 0.1) is 5.56 Å². The molecule has 0 aliphatic heterocycles. The molecule has 0 atom stereocenters. The van der Waals surface area contributed by atoms with E-state index in [4.69, 9.17) is 22.5 Å². The molecule has 6 nitrogen and oxygen atoms in total. The number of amides is 1. The van der Waals surface area contributed by atoms with Crippen molar-refractivity contribution < 1.29 is 15.1 Å². The number of aromatic hydroxyl groups is 1. The van der Waals surface area contributed by atoms with Gasteiger partial charge < -0.3 is 21.4 Å². The highest BCUT2D eigenvalue weighted by atomic mass is 35.5. The first-order chi connectivity index (χ1) is 10.0. The predicted molar refractivity (Wildman–Crippen MR) is 80.0 cm³/mol. The summed E-state index contributed by atoms with van der Waals surface area (Å²) in [7, 11) is 0. The van der Waals surface area contributed by atoms with Crippen molar-refractivity contribution in [2.75, 3.05) is 5.32 Å². The average molecular weight is 306 g/mol. The Labute approximate surface area is 125 Å². The molecule has 0 bridgehead atoms. The molecule has 2 aromatic rings. The van der Waals surface area contributed by atoms with E-state index in [0.29, 0.717) is 16.3 Å². The van der Waals surface area contributed by atoms with Crippen LogP contribution in [0.25, 0.3) is 0 Å². The molecule has 0 saturated heterocycles. The molecule has 0 aliphatic rings.